The van der Waals surface area contributed by atoms with Crippen LogP contribution in [0.4, 0.5) is 5.69 Å². The number of hydrogen-bond acceptors (Lipinski definition) is 4. The predicted molar refractivity (Wildman–Crippen MR) is 183 cm³/mol. The molecule has 236 valence electrons. The minimum Gasteiger partial charge on any atom is -0.354 e. The van der Waals surface area contributed by atoms with Crippen molar-refractivity contribution in [1.82, 2.24) is 10.2 Å². The number of unbranched alkanes of at least 4 members (excludes halogenated alkanes) is 1. The van der Waals surface area contributed by atoms with Crippen molar-refractivity contribution in [3.63, 3.8) is 0 Å². The third-order valence-corrected chi connectivity index (χ3v) is 9.97. The van der Waals surface area contributed by atoms with E-state index in [9.17, 15) is 18.0 Å². The van der Waals surface area contributed by atoms with Crippen LogP contribution in [0.5, 0.6) is 0 Å². The van der Waals surface area contributed by atoms with Gasteiger partial charge in [0.15, 0.2) is 0 Å². The normalized spacial score (nSPS) is 11.9. The van der Waals surface area contributed by atoms with Crippen molar-refractivity contribution >= 4 is 43.5 Å². The molecule has 7 nitrogen and oxygen atoms in total. The molecule has 0 aliphatic heterocycles. The van der Waals surface area contributed by atoms with E-state index in [1.54, 1.807) is 48.5 Å². The molecule has 0 saturated heterocycles. The van der Waals surface area contributed by atoms with Gasteiger partial charge in [0, 0.05) is 24.0 Å². The molecule has 0 fully saturated rings. The third-order valence-electron chi connectivity index (χ3n) is 7.69. The lowest BCUT2D eigenvalue weighted by Gasteiger charge is -2.34. The van der Waals surface area contributed by atoms with Gasteiger partial charge in [-0.05, 0) is 67.3 Å². The average Bonchev–Trinajstić information content (AvgIpc) is 3.03. The molecule has 0 aromatic heterocycles. The van der Waals surface area contributed by atoms with Gasteiger partial charge in [-0.25, -0.2) is 8.42 Å². The Morgan fingerprint density at radius 2 is 1.56 bits per heavy atom. The highest BCUT2D eigenvalue weighted by molar-refractivity contribution is 9.10. The van der Waals surface area contributed by atoms with E-state index >= 15 is 0 Å². The van der Waals surface area contributed by atoms with Crippen molar-refractivity contribution in [3.05, 3.63) is 130 Å². The number of nitrogens with zero attached hydrogens (tertiary/aromatic N) is 2. The van der Waals surface area contributed by atoms with Crippen LogP contribution in [-0.2, 0) is 32.6 Å². The quantitative estimate of drug-likeness (QED) is 0.147. The fourth-order valence-electron chi connectivity index (χ4n) is 5.03. The minimum atomic E-state index is -4.16. The second-order valence-electron chi connectivity index (χ2n) is 11.1. The van der Waals surface area contributed by atoms with Gasteiger partial charge in [-0.2, -0.15) is 0 Å². The van der Waals surface area contributed by atoms with E-state index in [1.165, 1.54) is 4.90 Å². The lowest BCUT2D eigenvalue weighted by atomic mass is 10.0. The Bertz CT molecular complexity index is 1700. The summed E-state index contributed by atoms with van der Waals surface area (Å²) in [7, 11) is -4.16. The second-order valence-corrected chi connectivity index (χ2v) is 13.9. The first-order chi connectivity index (χ1) is 21.6. The highest BCUT2D eigenvalue weighted by Crippen LogP contribution is 2.28. The van der Waals surface area contributed by atoms with Gasteiger partial charge in [0.2, 0.25) is 11.8 Å². The molecule has 0 spiro atoms. The van der Waals surface area contributed by atoms with E-state index in [2.05, 4.69) is 21.2 Å². The number of rotatable bonds is 14. The first-order valence-electron chi connectivity index (χ1n) is 15.1. The fourth-order valence-corrected chi connectivity index (χ4v) is 6.82. The molecule has 2 amide bonds. The first kappa shape index (κ1) is 33.9. The molecule has 0 aliphatic rings. The van der Waals surface area contributed by atoms with Gasteiger partial charge in [-0.1, -0.05) is 108 Å². The Morgan fingerprint density at radius 1 is 0.867 bits per heavy atom. The zero-order chi connectivity index (χ0) is 32.4. The number of nitrogens with one attached hydrogen (secondary N) is 1. The Kier molecular flexibility index (Phi) is 12.0. The van der Waals surface area contributed by atoms with Gasteiger partial charge in [-0.3, -0.25) is 13.9 Å². The number of hydrogen-bond donors (Lipinski definition) is 1. The predicted octanol–water partition coefficient (Wildman–Crippen LogP) is 6.82. The maximum Gasteiger partial charge on any atom is 0.264 e. The molecule has 0 aliphatic carbocycles. The molecule has 4 aromatic carbocycles. The summed E-state index contributed by atoms with van der Waals surface area (Å²) in [5, 5.41) is 3.02. The summed E-state index contributed by atoms with van der Waals surface area (Å²) < 4.78 is 30.1. The molecule has 4 rings (SSSR count). The van der Waals surface area contributed by atoms with Gasteiger partial charge in [0.25, 0.3) is 10.0 Å². The molecule has 4 aromatic rings. The monoisotopic (exact) mass is 689 g/mol. The number of carbonyl (C=O) groups is 2. The lowest BCUT2D eigenvalue weighted by Crippen LogP contribution is -2.53. The standard InChI is InChI=1S/C36H40BrN3O4S/c1-4-5-22-38-36(42)34(23-29-13-7-6-8-14-29)39(25-30-15-10-9-12-28(30)3)35(41)26-40(32-17-11-16-31(37)24-32)45(43,44)33-20-18-27(2)19-21-33/h6-21,24,34H,4-5,22-23,25-26H2,1-3H3,(H,38,42)/t34-/m0/s1. The van der Waals surface area contributed by atoms with Gasteiger partial charge < -0.3 is 10.2 Å². The van der Waals surface area contributed by atoms with E-state index in [-0.39, 0.29) is 23.8 Å². The maximum absolute atomic E-state index is 14.6. The largest absolute Gasteiger partial charge is 0.354 e. The molecule has 9 heteroatoms. The summed E-state index contributed by atoms with van der Waals surface area (Å²) in [6.07, 6.45) is 1.99. The van der Waals surface area contributed by atoms with Crippen molar-refractivity contribution in [3.8, 4) is 0 Å². The summed E-state index contributed by atoms with van der Waals surface area (Å²) in [5.74, 6) is -0.759. The number of sulfonamides is 1. The summed E-state index contributed by atoms with van der Waals surface area (Å²) in [6.45, 7) is 6.02. The van der Waals surface area contributed by atoms with Crippen molar-refractivity contribution < 1.29 is 18.0 Å². The number of amides is 2. The van der Waals surface area contributed by atoms with Crippen molar-refractivity contribution in [2.75, 3.05) is 17.4 Å². The molecule has 1 N–H and O–H groups in total. The zero-order valence-electron chi connectivity index (χ0n) is 25.9. The van der Waals surface area contributed by atoms with E-state index in [4.69, 9.17) is 0 Å². The molecule has 45 heavy (non-hydrogen) atoms. The number of anilines is 1. The van der Waals surface area contributed by atoms with Crippen molar-refractivity contribution in [1.29, 1.82) is 0 Å². The zero-order valence-corrected chi connectivity index (χ0v) is 28.4. The number of aryl methyl sites for hydroxylation is 2. The van der Waals surface area contributed by atoms with Crippen LogP contribution < -0.4 is 9.62 Å². The SMILES string of the molecule is CCCCNC(=O)[C@H](Cc1ccccc1)N(Cc1ccccc1C)C(=O)CN(c1cccc(Br)c1)S(=O)(=O)c1ccc(C)cc1. The topological polar surface area (TPSA) is 86.8 Å². The first-order valence-corrected chi connectivity index (χ1v) is 17.3. The Balaban J connectivity index is 1.80. The molecule has 0 bridgehead atoms. The highest BCUT2D eigenvalue weighted by Gasteiger charge is 2.34. The summed E-state index contributed by atoms with van der Waals surface area (Å²) in [6, 6.07) is 29.8. The maximum atomic E-state index is 14.6. The van der Waals surface area contributed by atoms with E-state index in [1.807, 2.05) is 75.4 Å². The molecular weight excluding hydrogens is 650 g/mol. The van der Waals surface area contributed by atoms with E-state index < -0.39 is 28.5 Å². The molecule has 0 unspecified atom stereocenters. The second kappa shape index (κ2) is 15.9. The highest BCUT2D eigenvalue weighted by atomic mass is 79.9. The number of carbonyl (C=O) groups excluding carboxylic acids is 2. The molecule has 0 radical (unpaired) electrons. The van der Waals surface area contributed by atoms with E-state index in [0.29, 0.717) is 16.7 Å². The van der Waals surface area contributed by atoms with Gasteiger partial charge in [-0.15, -0.1) is 0 Å². The van der Waals surface area contributed by atoms with Crippen LogP contribution in [0.1, 0.15) is 42.0 Å². The Hall–Kier alpha value is -3.95. The van der Waals surface area contributed by atoms with Crippen molar-refractivity contribution in [2.45, 2.75) is 57.5 Å². The van der Waals surface area contributed by atoms with Gasteiger partial charge in [0.05, 0.1) is 10.6 Å². The lowest BCUT2D eigenvalue weighted by molar-refractivity contribution is -0.140. The van der Waals surface area contributed by atoms with Crippen molar-refractivity contribution in [2.24, 2.45) is 0 Å². The molecule has 0 heterocycles. The number of halogens is 1. The van der Waals surface area contributed by atoms with Crippen LogP contribution in [-0.4, -0.2) is 44.3 Å². The average molecular weight is 691 g/mol. The summed E-state index contributed by atoms with van der Waals surface area (Å²) in [4.78, 5) is 30.0. The van der Waals surface area contributed by atoms with Gasteiger partial charge in [0.1, 0.15) is 12.6 Å². The Morgan fingerprint density at radius 3 is 2.22 bits per heavy atom. The Labute approximate surface area is 275 Å². The van der Waals surface area contributed by atoms with Crippen LogP contribution in [0.3, 0.4) is 0 Å². The molecule has 1 atom stereocenters. The minimum absolute atomic E-state index is 0.0736. The van der Waals surface area contributed by atoms with E-state index in [0.717, 1.165) is 39.4 Å². The van der Waals surface area contributed by atoms with Gasteiger partial charge >= 0.3 is 0 Å². The fraction of sp³-hybridized carbons (Fsp3) is 0.278. The van der Waals surface area contributed by atoms with Crippen LogP contribution in [0.15, 0.2) is 112 Å². The smallest absolute Gasteiger partial charge is 0.264 e. The molecular formula is C36H40BrN3O4S. The third kappa shape index (κ3) is 9.05. The number of benzene rings is 4. The van der Waals surface area contributed by atoms with Crippen LogP contribution >= 0.6 is 15.9 Å². The van der Waals surface area contributed by atoms with Crippen LogP contribution in [0.2, 0.25) is 0 Å². The van der Waals surface area contributed by atoms with Crippen LogP contribution in [0.25, 0.3) is 0 Å². The summed E-state index contributed by atoms with van der Waals surface area (Å²) in [5.41, 5.74) is 3.99. The molecule has 0 saturated carbocycles. The summed E-state index contributed by atoms with van der Waals surface area (Å²) >= 11 is 3.45. The van der Waals surface area contributed by atoms with Crippen LogP contribution in [0, 0.1) is 13.8 Å².